The molecule has 2 aromatic rings. The van der Waals surface area contributed by atoms with Crippen molar-refractivity contribution in [2.45, 2.75) is 13.0 Å². The number of benzene rings is 2. The summed E-state index contributed by atoms with van der Waals surface area (Å²) in [6, 6.07) is 17.0. The lowest BCUT2D eigenvalue weighted by Gasteiger charge is -2.15. The van der Waals surface area contributed by atoms with Crippen LogP contribution in [0.15, 0.2) is 67.3 Å². The second-order valence-corrected chi connectivity index (χ2v) is 4.29. The van der Waals surface area contributed by atoms with E-state index in [0.717, 1.165) is 11.1 Å². The van der Waals surface area contributed by atoms with Crippen molar-refractivity contribution >= 4 is 5.97 Å². The van der Waals surface area contributed by atoms with Crippen molar-refractivity contribution in [2.75, 3.05) is 0 Å². The Hall–Kier alpha value is -2.35. The Kier molecular flexibility index (Phi) is 4.14. The van der Waals surface area contributed by atoms with Gasteiger partial charge < -0.3 is 4.74 Å². The quantitative estimate of drug-likeness (QED) is 0.605. The lowest BCUT2D eigenvalue weighted by atomic mass is 10.1. The molecule has 2 heteroatoms. The number of hydrogen-bond donors (Lipinski definition) is 0. The van der Waals surface area contributed by atoms with Crippen LogP contribution in [0.4, 0.5) is 0 Å². The van der Waals surface area contributed by atoms with Crippen molar-refractivity contribution in [3.05, 3.63) is 83.9 Å². The van der Waals surface area contributed by atoms with Gasteiger partial charge in [-0.15, -0.1) is 0 Å². The third-order valence-electron chi connectivity index (χ3n) is 2.94. The van der Waals surface area contributed by atoms with Gasteiger partial charge in [-0.2, -0.15) is 0 Å². The molecular formula is C17H16O2. The predicted octanol–water partition coefficient (Wildman–Crippen LogP) is 4.08. The first-order chi connectivity index (χ1) is 9.22. The van der Waals surface area contributed by atoms with Crippen LogP contribution in [0.2, 0.25) is 0 Å². The minimum absolute atomic E-state index is 0.327. The second kappa shape index (κ2) is 6.01. The highest BCUT2D eigenvalue weighted by Crippen LogP contribution is 2.20. The number of carbonyl (C=O) groups excluding carboxylic acids is 1. The van der Waals surface area contributed by atoms with Crippen LogP contribution in [0.3, 0.4) is 0 Å². The Morgan fingerprint density at radius 3 is 2.37 bits per heavy atom. The molecule has 0 aliphatic rings. The van der Waals surface area contributed by atoms with Crippen molar-refractivity contribution < 1.29 is 9.53 Å². The Bertz CT molecular complexity index is 573. The normalized spacial score (nSPS) is 11.6. The van der Waals surface area contributed by atoms with Gasteiger partial charge in [-0.3, -0.25) is 0 Å². The van der Waals surface area contributed by atoms with Crippen molar-refractivity contribution in [1.82, 2.24) is 0 Å². The van der Waals surface area contributed by atoms with Crippen LogP contribution in [0.25, 0.3) is 0 Å². The molecule has 1 unspecified atom stereocenters. The number of aryl methyl sites for hydroxylation is 1. The minimum Gasteiger partial charge on any atom is -0.450 e. The van der Waals surface area contributed by atoms with Gasteiger partial charge in [-0.05, 0) is 30.2 Å². The molecule has 1 atom stereocenters. The first-order valence-corrected chi connectivity index (χ1v) is 6.16. The summed E-state index contributed by atoms with van der Waals surface area (Å²) in [5, 5.41) is 0. The van der Waals surface area contributed by atoms with E-state index in [1.54, 1.807) is 12.1 Å². The van der Waals surface area contributed by atoms with Gasteiger partial charge >= 0.3 is 5.97 Å². The number of rotatable bonds is 4. The average Bonchev–Trinajstić information content (AvgIpc) is 2.46. The molecule has 0 aliphatic carbocycles. The molecule has 2 aromatic carbocycles. The van der Waals surface area contributed by atoms with Crippen molar-refractivity contribution in [2.24, 2.45) is 0 Å². The van der Waals surface area contributed by atoms with Gasteiger partial charge in [-0.1, -0.05) is 55.1 Å². The number of carbonyl (C=O) groups is 1. The van der Waals surface area contributed by atoms with E-state index in [2.05, 4.69) is 6.58 Å². The molecule has 0 heterocycles. The van der Waals surface area contributed by atoms with E-state index in [4.69, 9.17) is 4.74 Å². The van der Waals surface area contributed by atoms with Crippen molar-refractivity contribution in [3.63, 3.8) is 0 Å². The second-order valence-electron chi connectivity index (χ2n) is 4.29. The largest absolute Gasteiger partial charge is 0.450 e. The highest BCUT2D eigenvalue weighted by atomic mass is 16.5. The molecule has 0 amide bonds. The molecule has 0 radical (unpaired) electrons. The minimum atomic E-state index is -0.423. The summed E-state index contributed by atoms with van der Waals surface area (Å²) in [6.45, 7) is 5.62. The summed E-state index contributed by atoms with van der Waals surface area (Å²) < 4.78 is 5.50. The standard InChI is InChI=1S/C17H16O2/c1-3-16(14-10-5-4-6-11-14)19-17(18)15-12-8-7-9-13(15)2/h3-12,16H,1H2,2H3. The maximum Gasteiger partial charge on any atom is 0.339 e. The maximum atomic E-state index is 12.1. The Morgan fingerprint density at radius 1 is 1.11 bits per heavy atom. The Morgan fingerprint density at radius 2 is 1.74 bits per heavy atom. The summed E-state index contributed by atoms with van der Waals surface area (Å²) in [5.41, 5.74) is 2.41. The molecule has 0 N–H and O–H groups in total. The number of ether oxygens (including phenoxy) is 1. The van der Waals surface area contributed by atoms with E-state index in [-0.39, 0.29) is 5.97 Å². The molecule has 0 aromatic heterocycles. The Balaban J connectivity index is 2.18. The fourth-order valence-corrected chi connectivity index (χ4v) is 1.88. The number of esters is 1. The molecule has 0 fully saturated rings. The summed E-state index contributed by atoms with van der Waals surface area (Å²) in [4.78, 5) is 12.1. The fraction of sp³-hybridized carbons (Fsp3) is 0.118. The van der Waals surface area contributed by atoms with Crippen LogP contribution in [-0.2, 0) is 4.74 Å². The average molecular weight is 252 g/mol. The first kappa shape index (κ1) is 13.1. The van der Waals surface area contributed by atoms with Crippen molar-refractivity contribution in [3.8, 4) is 0 Å². The van der Waals surface area contributed by atoms with Gasteiger partial charge in [0.05, 0.1) is 5.56 Å². The summed E-state index contributed by atoms with van der Waals surface area (Å²) in [7, 11) is 0. The molecule has 0 spiro atoms. The molecule has 0 saturated heterocycles. The molecule has 0 saturated carbocycles. The molecular weight excluding hydrogens is 236 g/mol. The summed E-state index contributed by atoms with van der Waals surface area (Å²) in [6.07, 6.45) is 1.21. The van der Waals surface area contributed by atoms with E-state index >= 15 is 0 Å². The van der Waals surface area contributed by atoms with Crippen LogP contribution in [0, 0.1) is 6.92 Å². The monoisotopic (exact) mass is 252 g/mol. The highest BCUT2D eigenvalue weighted by molar-refractivity contribution is 5.91. The molecule has 0 bridgehead atoms. The maximum absolute atomic E-state index is 12.1. The third kappa shape index (κ3) is 3.10. The zero-order chi connectivity index (χ0) is 13.7. The molecule has 19 heavy (non-hydrogen) atoms. The first-order valence-electron chi connectivity index (χ1n) is 6.16. The van der Waals surface area contributed by atoms with Gasteiger partial charge in [0.15, 0.2) is 0 Å². The lowest BCUT2D eigenvalue weighted by molar-refractivity contribution is 0.0391. The van der Waals surface area contributed by atoms with Gasteiger partial charge in [0, 0.05) is 0 Å². The molecule has 96 valence electrons. The van der Waals surface area contributed by atoms with Gasteiger partial charge in [0.25, 0.3) is 0 Å². The van der Waals surface area contributed by atoms with E-state index < -0.39 is 6.10 Å². The lowest BCUT2D eigenvalue weighted by Crippen LogP contribution is -2.11. The third-order valence-corrected chi connectivity index (χ3v) is 2.94. The molecule has 2 nitrogen and oxygen atoms in total. The summed E-state index contributed by atoms with van der Waals surface area (Å²) in [5.74, 6) is -0.327. The molecule has 2 rings (SSSR count). The Labute approximate surface area is 113 Å². The fourth-order valence-electron chi connectivity index (χ4n) is 1.88. The zero-order valence-electron chi connectivity index (χ0n) is 10.9. The smallest absolute Gasteiger partial charge is 0.339 e. The van der Waals surface area contributed by atoms with E-state index in [1.807, 2.05) is 55.5 Å². The zero-order valence-corrected chi connectivity index (χ0v) is 10.9. The van der Waals surface area contributed by atoms with Crippen LogP contribution < -0.4 is 0 Å². The van der Waals surface area contributed by atoms with Crippen LogP contribution in [0.5, 0.6) is 0 Å². The van der Waals surface area contributed by atoms with Crippen molar-refractivity contribution in [1.29, 1.82) is 0 Å². The SMILES string of the molecule is C=CC(OC(=O)c1ccccc1C)c1ccccc1. The topological polar surface area (TPSA) is 26.3 Å². The van der Waals surface area contributed by atoms with Crippen LogP contribution in [0.1, 0.15) is 27.6 Å². The van der Waals surface area contributed by atoms with E-state index in [0.29, 0.717) is 5.56 Å². The van der Waals surface area contributed by atoms with E-state index in [1.165, 1.54) is 0 Å². The highest BCUT2D eigenvalue weighted by Gasteiger charge is 2.16. The van der Waals surface area contributed by atoms with Gasteiger partial charge in [-0.25, -0.2) is 4.79 Å². The van der Waals surface area contributed by atoms with Gasteiger partial charge in [0.2, 0.25) is 0 Å². The van der Waals surface area contributed by atoms with Crippen LogP contribution >= 0.6 is 0 Å². The van der Waals surface area contributed by atoms with Gasteiger partial charge in [0.1, 0.15) is 6.10 Å². The number of hydrogen-bond acceptors (Lipinski definition) is 2. The predicted molar refractivity (Wildman–Crippen MR) is 76.0 cm³/mol. The van der Waals surface area contributed by atoms with Crippen LogP contribution in [-0.4, -0.2) is 5.97 Å². The van der Waals surface area contributed by atoms with E-state index in [9.17, 15) is 4.79 Å². The summed E-state index contributed by atoms with van der Waals surface area (Å²) >= 11 is 0. The molecule has 0 aliphatic heterocycles.